The Labute approximate surface area is 68.5 Å². The topological polar surface area (TPSA) is 167 Å². The second-order valence-electron chi connectivity index (χ2n) is 2.00. The summed E-state index contributed by atoms with van der Waals surface area (Å²) in [6.45, 7) is 0. The van der Waals surface area contributed by atoms with Crippen molar-refractivity contribution in [3.8, 4) is 0 Å². The van der Waals surface area contributed by atoms with Gasteiger partial charge in [0.15, 0.2) is 0 Å². The number of carboxylic acid groups (broad SMARTS) is 1. The zero-order valence-electron chi connectivity index (χ0n) is 6.24. The van der Waals surface area contributed by atoms with Crippen molar-refractivity contribution >= 4 is 5.97 Å². The van der Waals surface area contributed by atoms with E-state index in [1.54, 1.807) is 0 Å². The summed E-state index contributed by atoms with van der Waals surface area (Å²) in [4.78, 5) is 10.2. The van der Waals surface area contributed by atoms with E-state index in [0.29, 0.717) is 0 Å². The maximum absolute atomic E-state index is 10.2. The van der Waals surface area contributed by atoms with Gasteiger partial charge in [-0.05, 0) is 0 Å². The lowest BCUT2D eigenvalue weighted by atomic mass is 10.2. The summed E-state index contributed by atoms with van der Waals surface area (Å²) in [5, 5.41) is 8.36. The average molecular weight is 173 g/mol. The monoisotopic (exact) mass is 173 g/mol. The van der Waals surface area contributed by atoms with Crippen molar-refractivity contribution in [1.82, 2.24) is 0 Å². The normalized spacial score (nSPS) is 11.7. The first-order chi connectivity index (χ1) is 5.37. The summed E-state index contributed by atoms with van der Waals surface area (Å²) in [5.74, 6) is -1.64. The van der Waals surface area contributed by atoms with Gasteiger partial charge in [0.05, 0.1) is 11.4 Å². The Morgan fingerprint density at radius 2 is 1.25 bits per heavy atom. The Kier molecular flexibility index (Phi) is 2.80. The second kappa shape index (κ2) is 3.37. The van der Waals surface area contributed by atoms with E-state index in [9.17, 15) is 4.79 Å². The van der Waals surface area contributed by atoms with Gasteiger partial charge in [0.2, 0.25) is 0 Å². The minimum atomic E-state index is -1.38. The largest absolute Gasteiger partial charge is 0.477 e. The molecule has 7 heteroatoms. The summed E-state index contributed by atoms with van der Waals surface area (Å²) in [6, 6.07) is 0. The molecule has 12 heavy (non-hydrogen) atoms. The van der Waals surface area contributed by atoms with Gasteiger partial charge in [-0.1, -0.05) is 0 Å². The van der Waals surface area contributed by atoms with Crippen molar-refractivity contribution in [2.75, 3.05) is 0 Å². The molecule has 0 atom stereocenters. The van der Waals surface area contributed by atoms with Gasteiger partial charge >= 0.3 is 5.97 Å². The molecule has 0 saturated carbocycles. The fraction of sp³-hybridized carbons (Fsp3) is 0. The molecule has 0 fully saturated rings. The molecule has 0 spiro atoms. The van der Waals surface area contributed by atoms with Crippen LogP contribution in [-0.4, -0.2) is 11.1 Å². The highest BCUT2D eigenvalue weighted by atomic mass is 16.4. The van der Waals surface area contributed by atoms with E-state index in [-0.39, 0.29) is 17.2 Å². The first-order valence-electron chi connectivity index (χ1n) is 2.87. The molecule has 0 aliphatic carbocycles. The second-order valence-corrected chi connectivity index (χ2v) is 2.00. The Balaban J connectivity index is 5.06. The van der Waals surface area contributed by atoms with E-state index in [0.717, 1.165) is 0 Å². The first kappa shape index (κ1) is 9.95. The van der Waals surface area contributed by atoms with E-state index in [2.05, 4.69) is 0 Å². The SMILES string of the molecule is NC(N)=C(N)/C(N)=C(\N)C(=O)O. The lowest BCUT2D eigenvalue weighted by Crippen LogP contribution is -2.26. The van der Waals surface area contributed by atoms with Gasteiger partial charge in [-0.25, -0.2) is 4.79 Å². The smallest absolute Gasteiger partial charge is 0.353 e. The number of carbonyl (C=O) groups is 1. The van der Waals surface area contributed by atoms with Crippen LogP contribution >= 0.6 is 0 Å². The third kappa shape index (κ3) is 1.97. The molecule has 0 rings (SSSR count). The summed E-state index contributed by atoms with van der Waals surface area (Å²) < 4.78 is 0. The lowest BCUT2D eigenvalue weighted by molar-refractivity contribution is -0.132. The van der Waals surface area contributed by atoms with Crippen LogP contribution in [0.5, 0.6) is 0 Å². The zero-order chi connectivity index (χ0) is 9.89. The molecule has 7 nitrogen and oxygen atoms in total. The van der Waals surface area contributed by atoms with Crippen LogP contribution in [-0.2, 0) is 4.79 Å². The third-order valence-electron chi connectivity index (χ3n) is 1.12. The maximum atomic E-state index is 10.2. The van der Waals surface area contributed by atoms with Crippen LogP contribution in [0.4, 0.5) is 0 Å². The van der Waals surface area contributed by atoms with Crippen LogP contribution in [0.2, 0.25) is 0 Å². The fourth-order valence-corrected chi connectivity index (χ4v) is 0.416. The van der Waals surface area contributed by atoms with Gasteiger partial charge in [-0.15, -0.1) is 0 Å². The predicted molar refractivity (Wildman–Crippen MR) is 42.6 cm³/mol. The summed E-state index contributed by atoms with van der Waals surface area (Å²) in [5.41, 5.74) is 24.4. The highest BCUT2D eigenvalue weighted by Gasteiger charge is 2.10. The van der Waals surface area contributed by atoms with E-state index in [1.807, 2.05) is 0 Å². The number of carboxylic acids is 1. The van der Waals surface area contributed by atoms with Crippen molar-refractivity contribution in [2.45, 2.75) is 0 Å². The van der Waals surface area contributed by atoms with Gasteiger partial charge in [-0.2, -0.15) is 0 Å². The predicted octanol–water partition coefficient (Wildman–Crippen LogP) is -2.75. The van der Waals surface area contributed by atoms with E-state index in [1.165, 1.54) is 0 Å². The van der Waals surface area contributed by atoms with Crippen LogP contribution in [0, 0.1) is 0 Å². The van der Waals surface area contributed by atoms with E-state index >= 15 is 0 Å². The highest BCUT2D eigenvalue weighted by molar-refractivity contribution is 5.87. The molecule has 0 aliphatic rings. The Morgan fingerprint density at radius 1 is 0.833 bits per heavy atom. The molecular formula is C5H11N5O2. The molecule has 0 aromatic heterocycles. The van der Waals surface area contributed by atoms with Crippen LogP contribution in [0.15, 0.2) is 22.9 Å². The van der Waals surface area contributed by atoms with E-state index in [4.69, 9.17) is 33.8 Å². The molecule has 0 bridgehead atoms. The van der Waals surface area contributed by atoms with Gasteiger partial charge < -0.3 is 33.8 Å². The number of aliphatic carboxylic acids is 1. The molecule has 0 unspecified atom stereocenters. The summed E-state index contributed by atoms with van der Waals surface area (Å²) in [7, 11) is 0. The van der Waals surface area contributed by atoms with Crippen LogP contribution in [0.1, 0.15) is 0 Å². The minimum absolute atomic E-state index is 0.227. The minimum Gasteiger partial charge on any atom is -0.477 e. The number of hydrogen-bond donors (Lipinski definition) is 6. The van der Waals surface area contributed by atoms with E-state index < -0.39 is 11.7 Å². The summed E-state index contributed by atoms with van der Waals surface area (Å²) >= 11 is 0. The van der Waals surface area contributed by atoms with Crippen molar-refractivity contribution < 1.29 is 9.90 Å². The molecule has 0 aromatic rings. The van der Waals surface area contributed by atoms with Gasteiger partial charge in [-0.3, -0.25) is 0 Å². The van der Waals surface area contributed by atoms with Gasteiger partial charge in [0.1, 0.15) is 11.5 Å². The Hall–Kier alpha value is -2.05. The number of hydrogen-bond acceptors (Lipinski definition) is 6. The molecule has 68 valence electrons. The standard InChI is InChI=1S/C5H11N5O2/c6-1(2(7)4(9)10)3(8)5(11)12/h6-10H2,(H,11,12)/b3-1+. The van der Waals surface area contributed by atoms with Crippen LogP contribution in [0.25, 0.3) is 0 Å². The van der Waals surface area contributed by atoms with Crippen molar-refractivity contribution in [3.05, 3.63) is 22.9 Å². The number of rotatable bonds is 2. The Bertz CT molecular complexity index is 263. The Morgan fingerprint density at radius 3 is 1.50 bits per heavy atom. The molecule has 0 heterocycles. The zero-order valence-corrected chi connectivity index (χ0v) is 6.24. The maximum Gasteiger partial charge on any atom is 0.353 e. The van der Waals surface area contributed by atoms with Crippen molar-refractivity contribution in [1.29, 1.82) is 0 Å². The molecule has 0 radical (unpaired) electrons. The van der Waals surface area contributed by atoms with Crippen molar-refractivity contribution in [2.24, 2.45) is 28.7 Å². The molecule has 11 N–H and O–H groups in total. The summed E-state index contributed by atoms with van der Waals surface area (Å²) in [6.07, 6.45) is 0. The quantitative estimate of drug-likeness (QED) is 0.194. The number of nitrogens with two attached hydrogens (primary N) is 5. The van der Waals surface area contributed by atoms with Crippen LogP contribution < -0.4 is 28.7 Å². The molecule has 0 aromatic carbocycles. The lowest BCUT2D eigenvalue weighted by Gasteiger charge is -2.04. The van der Waals surface area contributed by atoms with Crippen LogP contribution in [0.3, 0.4) is 0 Å². The molecule has 0 aliphatic heterocycles. The van der Waals surface area contributed by atoms with Crippen molar-refractivity contribution in [3.63, 3.8) is 0 Å². The fourth-order valence-electron chi connectivity index (χ4n) is 0.416. The van der Waals surface area contributed by atoms with Gasteiger partial charge in [0, 0.05) is 0 Å². The highest BCUT2D eigenvalue weighted by Crippen LogP contribution is 1.99. The first-order valence-corrected chi connectivity index (χ1v) is 2.87. The molecular weight excluding hydrogens is 162 g/mol. The average Bonchev–Trinajstić information content (AvgIpc) is 2.00. The third-order valence-corrected chi connectivity index (χ3v) is 1.12. The van der Waals surface area contributed by atoms with Gasteiger partial charge in [0.25, 0.3) is 0 Å². The molecule has 0 saturated heterocycles. The molecule has 0 amide bonds.